The fourth-order valence-corrected chi connectivity index (χ4v) is 4.05. The molecule has 1 aromatic carbocycles. The van der Waals surface area contributed by atoms with Crippen molar-refractivity contribution in [2.24, 2.45) is 0 Å². The largest absolute Gasteiger partial charge is 0.343 e. The van der Waals surface area contributed by atoms with Gasteiger partial charge in [0.2, 0.25) is 5.91 Å². The normalized spacial score (nSPS) is 15.0. The molecule has 3 aromatic rings. The first-order valence-corrected chi connectivity index (χ1v) is 9.98. The SMILES string of the molecule is Cc1cnc(-c2ccncc2)n1C1CCN(C(=O)CCc2ccccc2)CC1. The van der Waals surface area contributed by atoms with Crippen LogP contribution in [0.3, 0.4) is 0 Å². The number of nitrogens with zero attached hydrogens (tertiary/aromatic N) is 4. The molecule has 5 nitrogen and oxygen atoms in total. The molecular formula is C23H26N4O. The van der Waals surface area contributed by atoms with E-state index in [4.69, 9.17) is 0 Å². The number of hydrogen-bond acceptors (Lipinski definition) is 3. The van der Waals surface area contributed by atoms with Crippen LogP contribution in [0.1, 0.15) is 36.6 Å². The van der Waals surface area contributed by atoms with Gasteiger partial charge in [0.25, 0.3) is 0 Å². The van der Waals surface area contributed by atoms with E-state index in [0.29, 0.717) is 12.5 Å². The second-order valence-electron chi connectivity index (χ2n) is 7.43. The minimum Gasteiger partial charge on any atom is -0.343 e. The Labute approximate surface area is 166 Å². The Bertz CT molecular complexity index is 912. The van der Waals surface area contributed by atoms with Gasteiger partial charge in [-0.05, 0) is 43.9 Å². The summed E-state index contributed by atoms with van der Waals surface area (Å²) in [5.41, 5.74) is 3.48. The van der Waals surface area contributed by atoms with E-state index in [2.05, 4.69) is 33.6 Å². The highest BCUT2D eigenvalue weighted by molar-refractivity contribution is 5.76. The van der Waals surface area contributed by atoms with E-state index in [0.717, 1.165) is 43.7 Å². The van der Waals surface area contributed by atoms with E-state index < -0.39 is 0 Å². The summed E-state index contributed by atoms with van der Waals surface area (Å²) in [6, 6.07) is 14.6. The summed E-state index contributed by atoms with van der Waals surface area (Å²) in [7, 11) is 0. The monoisotopic (exact) mass is 374 g/mol. The van der Waals surface area contributed by atoms with Crippen molar-refractivity contribution in [2.45, 2.75) is 38.6 Å². The molecule has 0 bridgehead atoms. The van der Waals surface area contributed by atoms with Crippen molar-refractivity contribution in [3.63, 3.8) is 0 Å². The summed E-state index contributed by atoms with van der Waals surface area (Å²) in [4.78, 5) is 23.4. The average molecular weight is 374 g/mol. The highest BCUT2D eigenvalue weighted by Crippen LogP contribution is 2.30. The molecule has 1 aliphatic heterocycles. The van der Waals surface area contributed by atoms with E-state index >= 15 is 0 Å². The smallest absolute Gasteiger partial charge is 0.222 e. The topological polar surface area (TPSA) is 51.0 Å². The number of carbonyl (C=O) groups excluding carboxylic acids is 1. The molecular weight excluding hydrogens is 348 g/mol. The van der Waals surface area contributed by atoms with E-state index in [1.54, 1.807) is 12.4 Å². The quantitative estimate of drug-likeness (QED) is 0.677. The van der Waals surface area contributed by atoms with E-state index in [1.165, 1.54) is 11.3 Å². The zero-order valence-electron chi connectivity index (χ0n) is 16.3. The van der Waals surface area contributed by atoms with Crippen LogP contribution >= 0.6 is 0 Å². The summed E-state index contributed by atoms with van der Waals surface area (Å²) in [6.07, 6.45) is 8.87. The summed E-state index contributed by atoms with van der Waals surface area (Å²) >= 11 is 0. The molecule has 5 heteroatoms. The van der Waals surface area contributed by atoms with E-state index in [1.807, 2.05) is 41.4 Å². The molecule has 144 valence electrons. The van der Waals surface area contributed by atoms with Gasteiger partial charge in [-0.2, -0.15) is 0 Å². The molecule has 0 atom stereocenters. The van der Waals surface area contributed by atoms with Gasteiger partial charge in [-0.1, -0.05) is 30.3 Å². The number of aromatic nitrogens is 3. The zero-order chi connectivity index (χ0) is 19.3. The zero-order valence-corrected chi connectivity index (χ0v) is 16.3. The van der Waals surface area contributed by atoms with Gasteiger partial charge < -0.3 is 9.47 Å². The number of imidazole rings is 1. The Morgan fingerprint density at radius 2 is 1.79 bits per heavy atom. The van der Waals surface area contributed by atoms with Gasteiger partial charge >= 0.3 is 0 Å². The number of hydrogen-bond donors (Lipinski definition) is 0. The molecule has 3 heterocycles. The number of rotatable bonds is 5. The summed E-state index contributed by atoms with van der Waals surface area (Å²) in [6.45, 7) is 3.73. The van der Waals surface area contributed by atoms with Crippen LogP contribution in [0.4, 0.5) is 0 Å². The third kappa shape index (κ3) is 3.98. The van der Waals surface area contributed by atoms with Gasteiger partial charge in [0.05, 0.1) is 0 Å². The van der Waals surface area contributed by atoms with Crippen LogP contribution in [0.5, 0.6) is 0 Å². The maximum Gasteiger partial charge on any atom is 0.222 e. The molecule has 4 rings (SSSR count). The minimum absolute atomic E-state index is 0.263. The van der Waals surface area contributed by atoms with Crippen LogP contribution in [-0.2, 0) is 11.2 Å². The summed E-state index contributed by atoms with van der Waals surface area (Å²) < 4.78 is 2.33. The van der Waals surface area contributed by atoms with Crippen LogP contribution in [0.25, 0.3) is 11.4 Å². The first-order valence-electron chi connectivity index (χ1n) is 9.98. The van der Waals surface area contributed by atoms with Crippen LogP contribution in [0.15, 0.2) is 61.1 Å². The molecule has 0 radical (unpaired) electrons. The number of piperidine rings is 1. The third-order valence-corrected chi connectivity index (χ3v) is 5.57. The fraction of sp³-hybridized carbons (Fsp3) is 0.348. The lowest BCUT2D eigenvalue weighted by atomic mass is 10.0. The van der Waals surface area contributed by atoms with E-state index in [9.17, 15) is 4.79 Å². The number of likely N-dealkylation sites (tertiary alicyclic amines) is 1. The van der Waals surface area contributed by atoms with Crippen molar-refractivity contribution in [3.8, 4) is 11.4 Å². The predicted molar refractivity (Wildman–Crippen MR) is 110 cm³/mol. The van der Waals surface area contributed by atoms with Gasteiger partial charge in [-0.3, -0.25) is 9.78 Å². The molecule has 1 saturated heterocycles. The van der Waals surface area contributed by atoms with Crippen molar-refractivity contribution < 1.29 is 4.79 Å². The molecule has 2 aromatic heterocycles. The Kier molecular flexibility index (Phi) is 5.51. The van der Waals surface area contributed by atoms with Crippen molar-refractivity contribution >= 4 is 5.91 Å². The average Bonchev–Trinajstić information content (AvgIpc) is 3.15. The molecule has 0 saturated carbocycles. The van der Waals surface area contributed by atoms with Gasteiger partial charge in [0.1, 0.15) is 5.82 Å². The lowest BCUT2D eigenvalue weighted by Gasteiger charge is -2.34. The Morgan fingerprint density at radius 1 is 1.07 bits per heavy atom. The number of amides is 1. The second-order valence-corrected chi connectivity index (χ2v) is 7.43. The highest BCUT2D eigenvalue weighted by atomic mass is 16.2. The van der Waals surface area contributed by atoms with Gasteiger partial charge in [0.15, 0.2) is 0 Å². The summed E-state index contributed by atoms with van der Waals surface area (Å²) in [5, 5.41) is 0. The lowest BCUT2D eigenvalue weighted by Crippen LogP contribution is -2.39. The molecule has 1 aliphatic rings. The molecule has 0 N–H and O–H groups in total. The second kappa shape index (κ2) is 8.38. The summed E-state index contributed by atoms with van der Waals surface area (Å²) in [5.74, 6) is 1.26. The van der Waals surface area contributed by atoms with Crippen LogP contribution in [-0.4, -0.2) is 38.4 Å². The van der Waals surface area contributed by atoms with Crippen molar-refractivity contribution in [3.05, 3.63) is 72.3 Å². The van der Waals surface area contributed by atoms with E-state index in [-0.39, 0.29) is 5.91 Å². The first-order chi connectivity index (χ1) is 13.7. The standard InChI is InChI=1S/C23H26N4O/c1-18-17-25-23(20-9-13-24-14-10-20)27(18)21-11-15-26(16-12-21)22(28)8-7-19-5-3-2-4-6-19/h2-6,9-10,13-14,17,21H,7-8,11-12,15-16H2,1H3. The van der Waals surface area contributed by atoms with Gasteiger partial charge in [-0.15, -0.1) is 0 Å². The van der Waals surface area contributed by atoms with Crippen LogP contribution in [0.2, 0.25) is 0 Å². The number of benzene rings is 1. The molecule has 1 fully saturated rings. The number of carbonyl (C=O) groups is 1. The van der Waals surface area contributed by atoms with Crippen molar-refractivity contribution in [1.29, 1.82) is 0 Å². The van der Waals surface area contributed by atoms with Crippen LogP contribution in [0, 0.1) is 6.92 Å². The van der Waals surface area contributed by atoms with Crippen LogP contribution < -0.4 is 0 Å². The molecule has 1 amide bonds. The van der Waals surface area contributed by atoms with Crippen molar-refractivity contribution in [1.82, 2.24) is 19.4 Å². The fourth-order valence-electron chi connectivity index (χ4n) is 4.05. The maximum absolute atomic E-state index is 12.6. The first kappa shape index (κ1) is 18.4. The predicted octanol–water partition coefficient (Wildman–Crippen LogP) is 4.05. The molecule has 0 unspecified atom stereocenters. The van der Waals surface area contributed by atoms with Crippen molar-refractivity contribution in [2.75, 3.05) is 13.1 Å². The van der Waals surface area contributed by atoms with Gasteiger partial charge in [0, 0.05) is 55.4 Å². The lowest BCUT2D eigenvalue weighted by molar-refractivity contribution is -0.132. The molecule has 0 aliphatic carbocycles. The number of pyridine rings is 1. The number of aryl methyl sites for hydroxylation is 2. The molecule has 0 spiro atoms. The highest BCUT2D eigenvalue weighted by Gasteiger charge is 2.26. The Balaban J connectivity index is 1.38. The Hall–Kier alpha value is -2.95. The third-order valence-electron chi connectivity index (χ3n) is 5.57. The minimum atomic E-state index is 0.263. The van der Waals surface area contributed by atoms with Gasteiger partial charge in [-0.25, -0.2) is 4.98 Å². The molecule has 28 heavy (non-hydrogen) atoms. The Morgan fingerprint density at radius 3 is 2.50 bits per heavy atom. The maximum atomic E-state index is 12.6.